The van der Waals surface area contributed by atoms with Gasteiger partial charge in [0.05, 0.1) is 6.61 Å². The van der Waals surface area contributed by atoms with Gasteiger partial charge < -0.3 is 0 Å². The molecule has 1 rings (SSSR count). The van der Waals surface area contributed by atoms with Gasteiger partial charge >= 0.3 is 0 Å². The Morgan fingerprint density at radius 1 is 1.27 bits per heavy atom. The van der Waals surface area contributed by atoms with Crippen LogP contribution in [0.15, 0.2) is 30.3 Å². The van der Waals surface area contributed by atoms with E-state index in [0.29, 0.717) is 12.5 Å². The van der Waals surface area contributed by atoms with Crippen molar-refractivity contribution in [3.63, 3.8) is 0 Å². The molecule has 0 aliphatic carbocycles. The van der Waals surface area contributed by atoms with Crippen LogP contribution in [-0.2, 0) is 11.4 Å². The summed E-state index contributed by atoms with van der Waals surface area (Å²) >= 11 is 0. The van der Waals surface area contributed by atoms with Crippen molar-refractivity contribution < 1.29 is 4.84 Å². The van der Waals surface area contributed by atoms with E-state index in [2.05, 4.69) is 31.5 Å². The molecular weight excluding hydrogens is 186 g/mol. The molecule has 1 aromatic rings. The average Bonchev–Trinajstić information content (AvgIpc) is 2.26. The second-order valence-electron chi connectivity index (χ2n) is 4.02. The summed E-state index contributed by atoms with van der Waals surface area (Å²) in [5.74, 6) is 0.686. The highest BCUT2D eigenvalue weighted by molar-refractivity contribution is 5.13. The van der Waals surface area contributed by atoms with E-state index in [0.717, 1.165) is 6.54 Å². The normalized spacial score (nSPS) is 12.7. The predicted molar refractivity (Wildman–Crippen MR) is 63.3 cm³/mol. The van der Waals surface area contributed by atoms with E-state index in [1.54, 1.807) is 0 Å². The quantitative estimate of drug-likeness (QED) is 0.548. The zero-order valence-electron chi connectivity index (χ0n) is 9.70. The van der Waals surface area contributed by atoms with Crippen LogP contribution in [0.5, 0.6) is 0 Å². The van der Waals surface area contributed by atoms with Gasteiger partial charge in [-0.1, -0.05) is 50.6 Å². The van der Waals surface area contributed by atoms with Crippen LogP contribution in [0.1, 0.15) is 32.3 Å². The van der Waals surface area contributed by atoms with E-state index in [-0.39, 0.29) is 0 Å². The summed E-state index contributed by atoms with van der Waals surface area (Å²) in [6.45, 7) is 6.02. The molecule has 0 radical (unpaired) electrons. The van der Waals surface area contributed by atoms with Crippen molar-refractivity contribution >= 4 is 0 Å². The molecule has 2 heteroatoms. The van der Waals surface area contributed by atoms with Crippen LogP contribution in [-0.4, -0.2) is 6.54 Å². The second-order valence-corrected chi connectivity index (χ2v) is 4.02. The highest BCUT2D eigenvalue weighted by Gasteiger charge is 1.99. The molecule has 0 saturated carbocycles. The molecule has 0 aliphatic heterocycles. The Hall–Kier alpha value is -0.860. The lowest BCUT2D eigenvalue weighted by atomic mass is 10.1. The Morgan fingerprint density at radius 2 is 2.00 bits per heavy atom. The molecule has 0 amide bonds. The van der Waals surface area contributed by atoms with Crippen molar-refractivity contribution in [2.24, 2.45) is 5.92 Å². The predicted octanol–water partition coefficient (Wildman–Crippen LogP) is 3.14. The fraction of sp³-hybridized carbons (Fsp3) is 0.538. The van der Waals surface area contributed by atoms with Gasteiger partial charge in [0.1, 0.15) is 0 Å². The van der Waals surface area contributed by atoms with Crippen LogP contribution in [0.4, 0.5) is 0 Å². The van der Waals surface area contributed by atoms with Crippen molar-refractivity contribution in [2.75, 3.05) is 6.54 Å². The smallest absolute Gasteiger partial charge is 0.0933 e. The fourth-order valence-electron chi connectivity index (χ4n) is 1.50. The molecule has 1 unspecified atom stereocenters. The Labute approximate surface area is 92.6 Å². The van der Waals surface area contributed by atoms with Crippen LogP contribution < -0.4 is 5.48 Å². The van der Waals surface area contributed by atoms with Gasteiger partial charge in [0, 0.05) is 6.54 Å². The van der Waals surface area contributed by atoms with E-state index in [1.807, 2.05) is 18.2 Å². The lowest BCUT2D eigenvalue weighted by Crippen LogP contribution is -2.21. The zero-order valence-corrected chi connectivity index (χ0v) is 9.70. The van der Waals surface area contributed by atoms with Crippen molar-refractivity contribution in [2.45, 2.75) is 33.3 Å². The number of nitrogens with one attached hydrogen (secondary N) is 1. The minimum atomic E-state index is 0.639. The first-order valence-corrected chi connectivity index (χ1v) is 5.71. The second kappa shape index (κ2) is 7.43. The molecule has 84 valence electrons. The summed E-state index contributed by atoms with van der Waals surface area (Å²) in [4.78, 5) is 5.39. The van der Waals surface area contributed by atoms with Crippen LogP contribution in [0, 0.1) is 5.92 Å². The molecule has 0 bridgehead atoms. The molecule has 0 aliphatic rings. The Bertz CT molecular complexity index is 248. The third-order valence-electron chi connectivity index (χ3n) is 2.40. The van der Waals surface area contributed by atoms with E-state index < -0.39 is 0 Å². The first-order chi connectivity index (χ1) is 7.33. The molecule has 0 fully saturated rings. The monoisotopic (exact) mass is 207 g/mol. The molecular formula is C13H21NO. The first kappa shape index (κ1) is 12.2. The summed E-state index contributed by atoms with van der Waals surface area (Å²) in [7, 11) is 0. The van der Waals surface area contributed by atoms with Crippen molar-refractivity contribution in [3.8, 4) is 0 Å². The summed E-state index contributed by atoms with van der Waals surface area (Å²) < 4.78 is 0. The van der Waals surface area contributed by atoms with Gasteiger partial charge in [0.25, 0.3) is 0 Å². The molecule has 1 atom stereocenters. The van der Waals surface area contributed by atoms with E-state index >= 15 is 0 Å². The van der Waals surface area contributed by atoms with Gasteiger partial charge in [-0.3, -0.25) is 4.84 Å². The lowest BCUT2D eigenvalue weighted by Gasteiger charge is -2.11. The minimum absolute atomic E-state index is 0.639. The third kappa shape index (κ3) is 5.55. The Balaban J connectivity index is 2.07. The molecule has 0 aromatic heterocycles. The topological polar surface area (TPSA) is 21.3 Å². The van der Waals surface area contributed by atoms with E-state index in [4.69, 9.17) is 4.84 Å². The highest BCUT2D eigenvalue weighted by Crippen LogP contribution is 2.03. The maximum atomic E-state index is 5.39. The molecule has 0 spiro atoms. The lowest BCUT2D eigenvalue weighted by molar-refractivity contribution is 0.0202. The average molecular weight is 207 g/mol. The van der Waals surface area contributed by atoms with Crippen molar-refractivity contribution in [1.29, 1.82) is 0 Å². The van der Waals surface area contributed by atoms with Gasteiger partial charge in [0.2, 0.25) is 0 Å². The van der Waals surface area contributed by atoms with Gasteiger partial charge in [0.15, 0.2) is 0 Å². The Morgan fingerprint density at radius 3 is 2.67 bits per heavy atom. The number of rotatable bonds is 7. The largest absolute Gasteiger partial charge is 0.297 e. The van der Waals surface area contributed by atoms with Crippen LogP contribution in [0.3, 0.4) is 0 Å². The maximum absolute atomic E-state index is 5.39. The van der Waals surface area contributed by atoms with Crippen LogP contribution in [0.2, 0.25) is 0 Å². The zero-order chi connectivity index (χ0) is 10.9. The van der Waals surface area contributed by atoms with E-state index in [1.165, 1.54) is 18.4 Å². The number of hydrogen-bond acceptors (Lipinski definition) is 2. The number of benzene rings is 1. The Kier molecular flexibility index (Phi) is 6.05. The number of hydrogen-bond donors (Lipinski definition) is 1. The first-order valence-electron chi connectivity index (χ1n) is 5.71. The van der Waals surface area contributed by atoms with Crippen molar-refractivity contribution in [3.05, 3.63) is 35.9 Å². The minimum Gasteiger partial charge on any atom is -0.297 e. The molecule has 15 heavy (non-hydrogen) atoms. The molecule has 0 heterocycles. The maximum Gasteiger partial charge on any atom is 0.0933 e. The van der Waals surface area contributed by atoms with Gasteiger partial charge in [-0.2, -0.15) is 0 Å². The summed E-state index contributed by atoms with van der Waals surface area (Å²) in [6.07, 6.45) is 2.49. The van der Waals surface area contributed by atoms with Crippen LogP contribution in [0.25, 0.3) is 0 Å². The summed E-state index contributed by atoms with van der Waals surface area (Å²) in [6, 6.07) is 10.2. The highest BCUT2D eigenvalue weighted by atomic mass is 16.6. The van der Waals surface area contributed by atoms with Gasteiger partial charge in [-0.15, -0.1) is 0 Å². The van der Waals surface area contributed by atoms with Gasteiger partial charge in [-0.25, -0.2) is 5.48 Å². The van der Waals surface area contributed by atoms with E-state index in [9.17, 15) is 0 Å². The molecule has 2 nitrogen and oxygen atoms in total. The summed E-state index contributed by atoms with van der Waals surface area (Å²) in [5.41, 5.74) is 4.22. The molecule has 0 saturated heterocycles. The van der Waals surface area contributed by atoms with Crippen molar-refractivity contribution in [1.82, 2.24) is 5.48 Å². The fourth-order valence-corrected chi connectivity index (χ4v) is 1.50. The summed E-state index contributed by atoms with van der Waals surface area (Å²) in [5, 5.41) is 0. The molecule has 1 aromatic carbocycles. The SMILES string of the molecule is CCCC(C)CNOCc1ccccc1. The van der Waals surface area contributed by atoms with Crippen LogP contribution >= 0.6 is 0 Å². The van der Waals surface area contributed by atoms with Gasteiger partial charge in [-0.05, 0) is 17.9 Å². The molecule has 1 N–H and O–H groups in total. The number of hydroxylamine groups is 1. The third-order valence-corrected chi connectivity index (χ3v) is 2.40. The standard InChI is InChI=1S/C13H21NO/c1-3-7-12(2)10-14-15-11-13-8-5-4-6-9-13/h4-6,8-9,12,14H,3,7,10-11H2,1-2H3.